The van der Waals surface area contributed by atoms with E-state index in [0.29, 0.717) is 40.9 Å². The molecular formula is C38H46N6O9S. The molecule has 2 saturated carbocycles. The van der Waals surface area contributed by atoms with Crippen LogP contribution < -0.4 is 30.6 Å². The zero-order valence-electron chi connectivity index (χ0n) is 30.7. The lowest BCUT2D eigenvalue weighted by atomic mass is 10.1. The Hall–Kier alpha value is -5.22. The van der Waals surface area contributed by atoms with Gasteiger partial charge in [-0.05, 0) is 52.2 Å². The number of pyridine rings is 1. The molecule has 1 unspecified atom stereocenters. The van der Waals surface area contributed by atoms with E-state index in [1.807, 2.05) is 36.4 Å². The number of aromatic nitrogens is 1. The average molecular weight is 763 g/mol. The maximum Gasteiger partial charge on any atom is 0.408 e. The van der Waals surface area contributed by atoms with Gasteiger partial charge in [0.2, 0.25) is 21.8 Å². The van der Waals surface area contributed by atoms with Crippen LogP contribution in [-0.2, 0) is 29.1 Å². The molecule has 16 heteroatoms. The summed E-state index contributed by atoms with van der Waals surface area (Å²) in [5.41, 5.74) is 5.59. The van der Waals surface area contributed by atoms with Crippen LogP contribution in [0.15, 0.2) is 67.3 Å². The standard InChI is InChI=1S/C38H46N6O9S/c1-6-23-19-38(23,35(47)43-54(49,50)26-13-14-26)42-33(45)31-17-25(21-44(31)34(46)30(20-39)41-36(48)53-37(2,3)4)52-32-18-28(22-10-8-7-9-11-22)40-29-16-24(51-5)12-15-27(29)32/h6-12,15-16,18,23,25-26,30-31H,1,13-14,17,19-21,39H2,2-5H3,(H,41,48)(H,42,45)(H,43,47)/t23-,25?,30+,31+,38-/m1/s1. The number of hydrogen-bond acceptors (Lipinski definition) is 11. The van der Waals surface area contributed by atoms with Gasteiger partial charge in [0.25, 0.3) is 5.91 Å². The molecular weight excluding hydrogens is 717 g/mol. The Kier molecular flexibility index (Phi) is 10.6. The number of amides is 4. The van der Waals surface area contributed by atoms with E-state index in [1.54, 1.807) is 46.1 Å². The minimum absolute atomic E-state index is 0.0151. The van der Waals surface area contributed by atoms with Gasteiger partial charge in [0.15, 0.2) is 0 Å². The lowest BCUT2D eigenvalue weighted by Gasteiger charge is -2.30. The maximum absolute atomic E-state index is 14.2. The summed E-state index contributed by atoms with van der Waals surface area (Å²) in [6.45, 7) is 8.38. The maximum atomic E-state index is 14.2. The SMILES string of the molecule is C=C[C@@H]1C[C@]1(NC(=O)[C@@H]1CC(Oc2cc(-c3ccccc3)nc3cc(OC)ccc23)CN1C(=O)[C@H](CN)NC(=O)OC(C)(C)C)C(=O)NS(=O)(=O)C1CC1. The van der Waals surface area contributed by atoms with Crippen molar-refractivity contribution in [3.63, 3.8) is 0 Å². The molecule has 2 heterocycles. The summed E-state index contributed by atoms with van der Waals surface area (Å²) < 4.78 is 44.9. The number of rotatable bonds is 13. The topological polar surface area (TPSA) is 208 Å². The van der Waals surface area contributed by atoms with E-state index in [0.717, 1.165) is 5.56 Å². The van der Waals surface area contributed by atoms with Crippen molar-refractivity contribution in [1.82, 2.24) is 25.2 Å². The van der Waals surface area contributed by atoms with Crippen molar-refractivity contribution in [2.75, 3.05) is 20.2 Å². The Balaban J connectivity index is 1.31. The molecule has 54 heavy (non-hydrogen) atoms. The molecule has 0 bridgehead atoms. The summed E-state index contributed by atoms with van der Waals surface area (Å²) in [7, 11) is -2.36. The number of fused-ring (bicyclic) bond motifs is 1. The minimum atomic E-state index is -3.92. The van der Waals surface area contributed by atoms with Crippen LogP contribution in [-0.4, -0.2) is 96.9 Å². The number of nitrogens with zero attached hydrogens (tertiary/aromatic N) is 2. The summed E-state index contributed by atoms with van der Waals surface area (Å²) in [4.78, 5) is 60.7. The van der Waals surface area contributed by atoms with Crippen LogP contribution in [0.5, 0.6) is 11.5 Å². The van der Waals surface area contributed by atoms with Crippen LogP contribution in [0.1, 0.15) is 46.5 Å². The normalized spacial score (nSPS) is 22.8. The van der Waals surface area contributed by atoms with Gasteiger partial charge >= 0.3 is 6.09 Å². The van der Waals surface area contributed by atoms with Gasteiger partial charge in [-0.2, -0.15) is 0 Å². The fraction of sp³-hybridized carbons (Fsp3) is 0.447. The molecule has 3 aromatic rings. The monoisotopic (exact) mass is 762 g/mol. The minimum Gasteiger partial charge on any atom is -0.497 e. The number of likely N-dealkylation sites (tertiary alicyclic amines) is 1. The highest BCUT2D eigenvalue weighted by atomic mass is 32.2. The fourth-order valence-electron chi connectivity index (χ4n) is 6.60. The Bertz CT molecular complexity index is 2070. The quantitative estimate of drug-likeness (QED) is 0.186. The third-order valence-electron chi connectivity index (χ3n) is 9.66. The molecule has 288 valence electrons. The number of alkyl carbamates (subject to hydrolysis) is 1. The first-order valence-corrected chi connectivity index (χ1v) is 19.3. The highest BCUT2D eigenvalue weighted by Crippen LogP contribution is 2.45. The summed E-state index contributed by atoms with van der Waals surface area (Å²) in [5, 5.41) is 5.27. The van der Waals surface area contributed by atoms with Crippen LogP contribution in [0, 0.1) is 5.92 Å². The molecule has 5 N–H and O–H groups in total. The summed E-state index contributed by atoms with van der Waals surface area (Å²) in [5.74, 6) is -1.76. The van der Waals surface area contributed by atoms with Crippen LogP contribution >= 0.6 is 0 Å². The second kappa shape index (κ2) is 14.9. The molecule has 4 amide bonds. The van der Waals surface area contributed by atoms with Gasteiger partial charge in [-0.15, -0.1) is 6.58 Å². The van der Waals surface area contributed by atoms with Gasteiger partial charge in [-0.1, -0.05) is 36.4 Å². The fourth-order valence-corrected chi connectivity index (χ4v) is 7.97. The van der Waals surface area contributed by atoms with E-state index < -0.39 is 74.3 Å². The first-order chi connectivity index (χ1) is 25.6. The second-order valence-corrected chi connectivity index (χ2v) is 16.8. The lowest BCUT2D eigenvalue weighted by molar-refractivity contribution is -0.141. The molecule has 15 nitrogen and oxygen atoms in total. The molecule has 3 fully saturated rings. The van der Waals surface area contributed by atoms with Gasteiger partial charge < -0.3 is 35.5 Å². The lowest BCUT2D eigenvalue weighted by Crippen LogP contribution is -2.59. The van der Waals surface area contributed by atoms with Gasteiger partial charge in [-0.25, -0.2) is 18.2 Å². The van der Waals surface area contributed by atoms with E-state index >= 15 is 0 Å². The Morgan fingerprint density at radius 3 is 2.44 bits per heavy atom. The predicted molar refractivity (Wildman–Crippen MR) is 200 cm³/mol. The van der Waals surface area contributed by atoms with Gasteiger partial charge in [0.1, 0.15) is 40.8 Å². The molecule has 2 aliphatic carbocycles. The van der Waals surface area contributed by atoms with Gasteiger partial charge in [-0.3, -0.25) is 19.1 Å². The Morgan fingerprint density at radius 2 is 1.83 bits per heavy atom. The number of nitrogens with one attached hydrogen (secondary N) is 3. The van der Waals surface area contributed by atoms with Crippen molar-refractivity contribution in [2.24, 2.45) is 11.7 Å². The van der Waals surface area contributed by atoms with E-state index in [1.165, 1.54) is 11.0 Å². The third-order valence-corrected chi connectivity index (χ3v) is 11.5. The van der Waals surface area contributed by atoms with Gasteiger partial charge in [0, 0.05) is 42.0 Å². The third kappa shape index (κ3) is 8.29. The molecule has 0 spiro atoms. The zero-order valence-corrected chi connectivity index (χ0v) is 31.5. The van der Waals surface area contributed by atoms with Crippen molar-refractivity contribution < 1.29 is 41.8 Å². The van der Waals surface area contributed by atoms with Gasteiger partial charge in [0.05, 0.1) is 30.1 Å². The first kappa shape index (κ1) is 38.5. The van der Waals surface area contributed by atoms with Crippen LogP contribution in [0.4, 0.5) is 4.79 Å². The molecule has 1 aliphatic heterocycles. The van der Waals surface area contributed by atoms with Crippen molar-refractivity contribution in [3.05, 3.63) is 67.3 Å². The highest BCUT2D eigenvalue weighted by molar-refractivity contribution is 7.91. The highest BCUT2D eigenvalue weighted by Gasteiger charge is 2.62. The number of carbonyl (C=O) groups excluding carboxylic acids is 4. The summed E-state index contributed by atoms with van der Waals surface area (Å²) >= 11 is 0. The smallest absolute Gasteiger partial charge is 0.408 e. The molecule has 3 aliphatic rings. The van der Waals surface area contributed by atoms with Crippen molar-refractivity contribution in [2.45, 2.75) is 81.0 Å². The average Bonchev–Trinajstić information content (AvgIpc) is 4.06. The number of sulfonamides is 1. The molecule has 5 atom stereocenters. The van der Waals surface area contributed by atoms with Crippen LogP contribution in [0.2, 0.25) is 0 Å². The summed E-state index contributed by atoms with van der Waals surface area (Å²) in [6.07, 6.45) is 0.853. The van der Waals surface area contributed by atoms with Crippen molar-refractivity contribution >= 4 is 44.7 Å². The number of nitrogens with two attached hydrogens (primary N) is 1. The molecule has 2 aromatic carbocycles. The van der Waals surface area contributed by atoms with E-state index in [2.05, 4.69) is 21.9 Å². The number of ether oxygens (including phenoxy) is 3. The predicted octanol–water partition coefficient (Wildman–Crippen LogP) is 2.78. The Morgan fingerprint density at radius 1 is 1.11 bits per heavy atom. The molecule has 6 rings (SSSR count). The Labute approximate surface area is 314 Å². The van der Waals surface area contributed by atoms with Crippen molar-refractivity contribution in [3.8, 4) is 22.8 Å². The molecule has 0 radical (unpaired) electrons. The second-order valence-electron chi connectivity index (χ2n) is 14.9. The van der Waals surface area contributed by atoms with E-state index in [4.69, 9.17) is 24.9 Å². The van der Waals surface area contributed by atoms with Crippen LogP contribution in [0.3, 0.4) is 0 Å². The van der Waals surface area contributed by atoms with Crippen LogP contribution in [0.25, 0.3) is 22.2 Å². The zero-order chi connectivity index (χ0) is 39.0. The van der Waals surface area contributed by atoms with E-state index in [9.17, 15) is 27.6 Å². The number of benzene rings is 2. The number of carbonyl (C=O) groups is 4. The first-order valence-electron chi connectivity index (χ1n) is 17.8. The van der Waals surface area contributed by atoms with E-state index in [-0.39, 0.29) is 25.9 Å². The van der Waals surface area contributed by atoms with Crippen molar-refractivity contribution in [1.29, 1.82) is 0 Å². The largest absolute Gasteiger partial charge is 0.497 e. The number of methoxy groups -OCH3 is 1. The summed E-state index contributed by atoms with van der Waals surface area (Å²) in [6, 6.07) is 14.2. The molecule has 1 aromatic heterocycles. The molecule has 1 saturated heterocycles. The number of hydrogen-bond donors (Lipinski definition) is 4.